The highest BCUT2D eigenvalue weighted by atomic mass is 19.1. The van der Waals surface area contributed by atoms with Crippen LogP contribution in [-0.2, 0) is 14.3 Å². The molecule has 0 fully saturated rings. The number of hydrogen-bond donors (Lipinski definition) is 1. The van der Waals surface area contributed by atoms with E-state index >= 15 is 0 Å². The number of nitrogens with one attached hydrogen (secondary N) is 1. The van der Waals surface area contributed by atoms with Gasteiger partial charge in [-0.25, -0.2) is 9.18 Å². The summed E-state index contributed by atoms with van der Waals surface area (Å²) in [5.74, 6) is -1.69. The van der Waals surface area contributed by atoms with Gasteiger partial charge in [-0.05, 0) is 37.6 Å². The van der Waals surface area contributed by atoms with Crippen molar-refractivity contribution in [3.63, 3.8) is 0 Å². The van der Waals surface area contributed by atoms with Crippen molar-refractivity contribution in [3.05, 3.63) is 35.6 Å². The molecule has 1 aromatic carbocycles. The monoisotopic (exact) mass is 281 g/mol. The number of ether oxygens (including phenoxy) is 1. The minimum atomic E-state index is -0.901. The van der Waals surface area contributed by atoms with E-state index in [1.165, 1.54) is 26.2 Å². The second-order valence-corrected chi connectivity index (χ2v) is 4.30. The van der Waals surface area contributed by atoms with E-state index in [1.54, 1.807) is 0 Å². The van der Waals surface area contributed by atoms with Crippen molar-refractivity contribution in [2.75, 3.05) is 7.11 Å². The highest BCUT2D eigenvalue weighted by Crippen LogP contribution is 2.06. The molecule has 1 atom stereocenters. The molecule has 0 saturated heterocycles. The first-order chi connectivity index (χ1) is 9.43. The van der Waals surface area contributed by atoms with Crippen molar-refractivity contribution in [2.45, 2.75) is 25.8 Å². The Kier molecular flexibility index (Phi) is 5.83. The Morgan fingerprint density at radius 2 is 1.85 bits per heavy atom. The van der Waals surface area contributed by atoms with Crippen LogP contribution in [0.1, 0.15) is 30.1 Å². The molecule has 0 bridgehead atoms. The third-order valence-electron chi connectivity index (χ3n) is 2.68. The van der Waals surface area contributed by atoms with Gasteiger partial charge in [-0.15, -0.1) is 0 Å². The van der Waals surface area contributed by atoms with Crippen LogP contribution in [0.15, 0.2) is 24.3 Å². The fraction of sp³-hybridized carbons (Fsp3) is 0.357. The number of carbonyl (C=O) groups excluding carboxylic acids is 3. The van der Waals surface area contributed by atoms with Crippen LogP contribution in [0.25, 0.3) is 0 Å². The molecular weight excluding hydrogens is 265 g/mol. The minimum absolute atomic E-state index is 0.0880. The van der Waals surface area contributed by atoms with Gasteiger partial charge in [0.2, 0.25) is 0 Å². The molecule has 1 aromatic rings. The largest absolute Gasteiger partial charge is 0.467 e. The van der Waals surface area contributed by atoms with Gasteiger partial charge >= 0.3 is 5.97 Å². The van der Waals surface area contributed by atoms with Crippen LogP contribution in [0.4, 0.5) is 4.39 Å². The summed E-state index contributed by atoms with van der Waals surface area (Å²) in [6.45, 7) is 1.40. The van der Waals surface area contributed by atoms with Crippen LogP contribution in [0.2, 0.25) is 0 Å². The molecule has 5 nitrogen and oxygen atoms in total. The van der Waals surface area contributed by atoms with Crippen LogP contribution < -0.4 is 5.32 Å². The van der Waals surface area contributed by atoms with Crippen molar-refractivity contribution in [3.8, 4) is 0 Å². The zero-order valence-corrected chi connectivity index (χ0v) is 11.3. The molecule has 1 amide bonds. The lowest BCUT2D eigenvalue weighted by Gasteiger charge is -2.15. The van der Waals surface area contributed by atoms with Gasteiger partial charge in [0.05, 0.1) is 7.11 Å². The molecule has 0 heterocycles. The molecular formula is C14H16FNO4. The van der Waals surface area contributed by atoms with Crippen LogP contribution >= 0.6 is 0 Å². The van der Waals surface area contributed by atoms with Crippen LogP contribution in [0.5, 0.6) is 0 Å². The predicted octanol–water partition coefficient (Wildman–Crippen LogP) is 1.47. The number of hydrogen-bond acceptors (Lipinski definition) is 4. The topological polar surface area (TPSA) is 72.5 Å². The lowest BCUT2D eigenvalue weighted by molar-refractivity contribution is -0.143. The Balaban J connectivity index is 2.72. The molecule has 0 unspecified atom stereocenters. The molecule has 6 heteroatoms. The summed E-state index contributed by atoms with van der Waals surface area (Å²) in [6.07, 6.45) is 0.318. The number of Topliss-reactive ketones (excluding diaryl/α,β-unsaturated/α-hetero) is 1. The highest BCUT2D eigenvalue weighted by molar-refractivity contribution is 5.96. The number of rotatable bonds is 6. The summed E-state index contributed by atoms with van der Waals surface area (Å²) >= 11 is 0. The van der Waals surface area contributed by atoms with Crippen molar-refractivity contribution in [2.24, 2.45) is 0 Å². The van der Waals surface area contributed by atoms with Crippen LogP contribution in [-0.4, -0.2) is 30.8 Å². The van der Waals surface area contributed by atoms with Gasteiger partial charge in [0.15, 0.2) is 0 Å². The second kappa shape index (κ2) is 7.37. The van der Waals surface area contributed by atoms with Crippen molar-refractivity contribution in [1.29, 1.82) is 0 Å². The smallest absolute Gasteiger partial charge is 0.328 e. The normalized spacial score (nSPS) is 11.6. The molecule has 20 heavy (non-hydrogen) atoms. The van der Waals surface area contributed by atoms with E-state index in [0.717, 1.165) is 12.1 Å². The Morgan fingerprint density at radius 1 is 1.25 bits per heavy atom. The summed E-state index contributed by atoms with van der Waals surface area (Å²) in [7, 11) is 1.20. The van der Waals surface area contributed by atoms with Gasteiger partial charge in [-0.3, -0.25) is 4.79 Å². The average Bonchev–Trinajstić information content (AvgIpc) is 2.42. The first kappa shape index (κ1) is 15.8. The maximum absolute atomic E-state index is 12.8. The summed E-state index contributed by atoms with van der Waals surface area (Å²) in [5.41, 5.74) is 0.225. The zero-order valence-electron chi connectivity index (χ0n) is 11.3. The number of ketones is 1. The molecule has 0 saturated carbocycles. The lowest BCUT2D eigenvalue weighted by Crippen LogP contribution is -2.41. The number of methoxy groups -OCH3 is 1. The SMILES string of the molecule is COC(=O)[C@@H](CCC(C)=O)NC(=O)c1ccc(F)cc1. The number of carbonyl (C=O) groups is 3. The fourth-order valence-corrected chi connectivity index (χ4v) is 1.58. The number of halogens is 1. The standard InChI is InChI=1S/C14H16FNO4/c1-9(17)3-8-12(14(19)20-2)16-13(18)10-4-6-11(15)7-5-10/h4-7,12H,3,8H2,1-2H3,(H,16,18)/t12-/m1/s1. The van der Waals surface area contributed by atoms with Gasteiger partial charge < -0.3 is 14.8 Å². The molecule has 108 valence electrons. The van der Waals surface area contributed by atoms with Gasteiger partial charge in [0.25, 0.3) is 5.91 Å². The average molecular weight is 281 g/mol. The first-order valence-corrected chi connectivity index (χ1v) is 6.07. The van der Waals surface area contributed by atoms with Gasteiger partial charge in [0, 0.05) is 12.0 Å². The van der Waals surface area contributed by atoms with Gasteiger partial charge in [0.1, 0.15) is 17.6 Å². The summed E-state index contributed by atoms with van der Waals surface area (Å²) in [4.78, 5) is 34.4. The second-order valence-electron chi connectivity index (χ2n) is 4.30. The third kappa shape index (κ3) is 4.79. The molecule has 1 rings (SSSR count). The van der Waals surface area contributed by atoms with Crippen LogP contribution in [0.3, 0.4) is 0 Å². The Bertz CT molecular complexity index is 498. The van der Waals surface area contributed by atoms with Crippen molar-refractivity contribution in [1.82, 2.24) is 5.32 Å². The van der Waals surface area contributed by atoms with Crippen molar-refractivity contribution >= 4 is 17.7 Å². The zero-order chi connectivity index (χ0) is 15.1. The quantitative estimate of drug-likeness (QED) is 0.801. The molecule has 0 aliphatic rings. The Morgan fingerprint density at radius 3 is 2.35 bits per heavy atom. The van der Waals surface area contributed by atoms with E-state index in [1.807, 2.05) is 0 Å². The number of benzene rings is 1. The van der Waals surface area contributed by atoms with E-state index in [9.17, 15) is 18.8 Å². The van der Waals surface area contributed by atoms with E-state index in [0.29, 0.717) is 0 Å². The fourth-order valence-electron chi connectivity index (χ4n) is 1.58. The van der Waals surface area contributed by atoms with E-state index in [2.05, 4.69) is 10.1 Å². The highest BCUT2D eigenvalue weighted by Gasteiger charge is 2.22. The predicted molar refractivity (Wildman–Crippen MR) is 69.6 cm³/mol. The molecule has 0 radical (unpaired) electrons. The van der Waals surface area contributed by atoms with E-state index in [-0.39, 0.29) is 24.2 Å². The van der Waals surface area contributed by atoms with Gasteiger partial charge in [-0.2, -0.15) is 0 Å². The van der Waals surface area contributed by atoms with E-state index < -0.39 is 23.7 Å². The summed E-state index contributed by atoms with van der Waals surface area (Å²) in [5, 5.41) is 2.47. The molecule has 0 aromatic heterocycles. The number of amides is 1. The Labute approximate surface area is 116 Å². The molecule has 0 spiro atoms. The maximum Gasteiger partial charge on any atom is 0.328 e. The Hall–Kier alpha value is -2.24. The molecule has 0 aliphatic heterocycles. The minimum Gasteiger partial charge on any atom is -0.467 e. The number of esters is 1. The molecule has 1 N–H and O–H groups in total. The van der Waals surface area contributed by atoms with E-state index in [4.69, 9.17) is 0 Å². The third-order valence-corrected chi connectivity index (χ3v) is 2.68. The molecule has 0 aliphatic carbocycles. The summed E-state index contributed by atoms with van der Waals surface area (Å²) < 4.78 is 17.3. The van der Waals surface area contributed by atoms with Crippen molar-refractivity contribution < 1.29 is 23.5 Å². The lowest BCUT2D eigenvalue weighted by atomic mass is 10.1. The van der Waals surface area contributed by atoms with Gasteiger partial charge in [-0.1, -0.05) is 0 Å². The summed E-state index contributed by atoms with van der Waals surface area (Å²) in [6, 6.07) is 4.02. The van der Waals surface area contributed by atoms with Crippen LogP contribution in [0, 0.1) is 5.82 Å². The maximum atomic E-state index is 12.8. The first-order valence-electron chi connectivity index (χ1n) is 6.07.